The third-order valence-corrected chi connectivity index (χ3v) is 3.78. The van der Waals surface area contributed by atoms with Crippen LogP contribution in [0.1, 0.15) is 42.6 Å². The maximum absolute atomic E-state index is 12.2. The summed E-state index contributed by atoms with van der Waals surface area (Å²) in [4.78, 5) is 25.9. The Morgan fingerprint density at radius 2 is 2.00 bits per heavy atom. The van der Waals surface area contributed by atoms with Gasteiger partial charge >= 0.3 is 0 Å². The normalized spacial score (nSPS) is 21.5. The lowest BCUT2D eigenvalue weighted by molar-refractivity contribution is -0.121. The molecular weight excluding hydrogens is 218 g/mol. The molecule has 2 heterocycles. The van der Waals surface area contributed by atoms with E-state index < -0.39 is 5.54 Å². The van der Waals surface area contributed by atoms with Crippen molar-refractivity contribution in [2.45, 2.75) is 37.6 Å². The molecular formula is C12H15N3O2. The van der Waals surface area contributed by atoms with E-state index in [2.05, 4.69) is 15.6 Å². The maximum atomic E-state index is 12.2. The lowest BCUT2D eigenvalue weighted by atomic mass is 9.79. The molecule has 0 radical (unpaired) electrons. The van der Waals surface area contributed by atoms with Gasteiger partial charge in [0, 0.05) is 6.20 Å². The SMILES string of the molecule is O=Cc1[nH]cc2c1NC1(CCCCC1)C(=O)N2. The van der Waals surface area contributed by atoms with Gasteiger partial charge in [-0.25, -0.2) is 0 Å². The van der Waals surface area contributed by atoms with Crippen LogP contribution in [0.25, 0.3) is 0 Å². The first-order valence-electron chi connectivity index (χ1n) is 6.01. The van der Waals surface area contributed by atoms with Crippen LogP contribution in [0.3, 0.4) is 0 Å². The fourth-order valence-electron chi connectivity index (χ4n) is 2.81. The monoisotopic (exact) mass is 233 g/mol. The first-order chi connectivity index (χ1) is 8.25. The number of aldehydes is 1. The van der Waals surface area contributed by atoms with Crippen LogP contribution in [-0.2, 0) is 4.79 Å². The summed E-state index contributed by atoms with van der Waals surface area (Å²) in [6, 6.07) is 0. The Morgan fingerprint density at radius 3 is 2.71 bits per heavy atom. The van der Waals surface area contributed by atoms with Crippen LogP contribution in [0.2, 0.25) is 0 Å². The van der Waals surface area contributed by atoms with Crippen LogP contribution in [0, 0.1) is 0 Å². The third kappa shape index (κ3) is 1.45. The van der Waals surface area contributed by atoms with Crippen LogP contribution >= 0.6 is 0 Å². The number of anilines is 2. The third-order valence-electron chi connectivity index (χ3n) is 3.78. The first kappa shape index (κ1) is 10.4. The zero-order chi connectivity index (χ0) is 11.9. The Balaban J connectivity index is 2.00. The molecule has 0 aromatic carbocycles. The number of rotatable bonds is 1. The van der Waals surface area contributed by atoms with Gasteiger partial charge in [0.15, 0.2) is 6.29 Å². The Bertz CT molecular complexity index is 472. The molecule has 1 saturated carbocycles. The number of fused-ring (bicyclic) bond motifs is 1. The number of amides is 1. The molecule has 0 atom stereocenters. The van der Waals surface area contributed by atoms with Crippen LogP contribution in [-0.4, -0.2) is 22.7 Å². The van der Waals surface area contributed by atoms with Crippen molar-refractivity contribution in [1.82, 2.24) is 4.98 Å². The van der Waals surface area contributed by atoms with Crippen LogP contribution in [0.15, 0.2) is 6.20 Å². The summed E-state index contributed by atoms with van der Waals surface area (Å²) in [6.07, 6.45) is 7.38. The largest absolute Gasteiger partial charge is 0.368 e. The van der Waals surface area contributed by atoms with E-state index in [0.717, 1.165) is 37.7 Å². The van der Waals surface area contributed by atoms with Crippen molar-refractivity contribution in [3.05, 3.63) is 11.9 Å². The lowest BCUT2D eigenvalue weighted by Crippen LogP contribution is -2.53. The molecule has 0 unspecified atom stereocenters. The predicted octanol–water partition coefficient (Wildman–Crippen LogP) is 1.89. The fourth-order valence-corrected chi connectivity index (χ4v) is 2.81. The van der Waals surface area contributed by atoms with Crippen molar-refractivity contribution < 1.29 is 9.59 Å². The van der Waals surface area contributed by atoms with Gasteiger partial charge in [-0.15, -0.1) is 0 Å². The minimum Gasteiger partial charge on any atom is -0.368 e. The van der Waals surface area contributed by atoms with Crippen LogP contribution < -0.4 is 10.6 Å². The fraction of sp³-hybridized carbons (Fsp3) is 0.500. The number of nitrogens with one attached hydrogen (secondary N) is 3. The molecule has 2 aliphatic rings. The highest BCUT2D eigenvalue weighted by atomic mass is 16.2. The molecule has 0 bridgehead atoms. The summed E-state index contributed by atoms with van der Waals surface area (Å²) in [7, 11) is 0. The van der Waals surface area contributed by atoms with Crippen molar-refractivity contribution in [3.8, 4) is 0 Å². The number of carbonyl (C=O) groups excluding carboxylic acids is 2. The van der Waals surface area contributed by atoms with E-state index in [-0.39, 0.29) is 5.91 Å². The summed E-state index contributed by atoms with van der Waals surface area (Å²) < 4.78 is 0. The van der Waals surface area contributed by atoms with Crippen molar-refractivity contribution in [1.29, 1.82) is 0 Å². The van der Waals surface area contributed by atoms with E-state index in [1.165, 1.54) is 6.42 Å². The first-order valence-corrected chi connectivity index (χ1v) is 6.01. The van der Waals surface area contributed by atoms with Crippen molar-refractivity contribution in [2.75, 3.05) is 10.6 Å². The summed E-state index contributed by atoms with van der Waals surface area (Å²) in [6.45, 7) is 0. The zero-order valence-corrected chi connectivity index (χ0v) is 9.51. The summed E-state index contributed by atoms with van der Waals surface area (Å²) in [5.41, 5.74) is 1.41. The zero-order valence-electron chi connectivity index (χ0n) is 9.51. The molecule has 1 spiro atoms. The van der Waals surface area contributed by atoms with Gasteiger partial charge in [0.05, 0.1) is 11.4 Å². The molecule has 1 aliphatic carbocycles. The molecule has 1 aromatic heterocycles. The summed E-state index contributed by atoms with van der Waals surface area (Å²) in [5.74, 6) is 0.0288. The number of hydrogen-bond donors (Lipinski definition) is 3. The highest BCUT2D eigenvalue weighted by Crippen LogP contribution is 2.40. The number of carbonyl (C=O) groups is 2. The van der Waals surface area contributed by atoms with E-state index >= 15 is 0 Å². The average molecular weight is 233 g/mol. The molecule has 1 amide bonds. The molecule has 1 aromatic rings. The molecule has 3 rings (SSSR count). The highest BCUT2D eigenvalue weighted by Gasteiger charge is 2.43. The van der Waals surface area contributed by atoms with E-state index in [1.54, 1.807) is 6.20 Å². The molecule has 90 valence electrons. The van der Waals surface area contributed by atoms with Gasteiger partial charge < -0.3 is 15.6 Å². The van der Waals surface area contributed by atoms with E-state index in [0.29, 0.717) is 11.4 Å². The Labute approximate surface area is 99.0 Å². The van der Waals surface area contributed by atoms with Crippen LogP contribution in [0.4, 0.5) is 11.4 Å². The molecule has 5 heteroatoms. The minimum absolute atomic E-state index is 0.0288. The second-order valence-electron chi connectivity index (χ2n) is 4.83. The summed E-state index contributed by atoms with van der Waals surface area (Å²) in [5, 5.41) is 6.17. The molecule has 1 fully saturated rings. The van der Waals surface area contributed by atoms with Gasteiger partial charge in [-0.2, -0.15) is 0 Å². The number of H-pyrrole nitrogens is 1. The van der Waals surface area contributed by atoms with Gasteiger partial charge in [-0.1, -0.05) is 19.3 Å². The second-order valence-corrected chi connectivity index (χ2v) is 4.83. The van der Waals surface area contributed by atoms with Crippen molar-refractivity contribution >= 4 is 23.6 Å². The van der Waals surface area contributed by atoms with E-state index in [9.17, 15) is 9.59 Å². The molecule has 3 N–H and O–H groups in total. The number of aromatic nitrogens is 1. The van der Waals surface area contributed by atoms with Crippen LogP contribution in [0.5, 0.6) is 0 Å². The van der Waals surface area contributed by atoms with Gasteiger partial charge in [0.1, 0.15) is 11.2 Å². The Hall–Kier alpha value is -1.78. The average Bonchev–Trinajstić information content (AvgIpc) is 2.73. The molecule has 5 nitrogen and oxygen atoms in total. The molecule has 1 aliphatic heterocycles. The minimum atomic E-state index is -0.509. The second kappa shape index (κ2) is 3.61. The van der Waals surface area contributed by atoms with Crippen molar-refractivity contribution in [2.24, 2.45) is 0 Å². The lowest BCUT2D eigenvalue weighted by Gasteiger charge is -2.40. The molecule has 17 heavy (non-hydrogen) atoms. The smallest absolute Gasteiger partial charge is 0.250 e. The van der Waals surface area contributed by atoms with Crippen molar-refractivity contribution in [3.63, 3.8) is 0 Å². The highest BCUT2D eigenvalue weighted by molar-refractivity contribution is 6.08. The standard InChI is InChI=1S/C12H15N3O2/c16-7-9-10-8(6-13-9)14-11(17)12(15-10)4-2-1-3-5-12/h6-7,13,15H,1-5H2,(H,14,17). The number of hydrogen-bond acceptors (Lipinski definition) is 3. The van der Waals surface area contributed by atoms with Gasteiger partial charge in [-0.05, 0) is 12.8 Å². The topological polar surface area (TPSA) is 74.0 Å². The molecule has 0 saturated heterocycles. The number of aromatic amines is 1. The predicted molar refractivity (Wildman–Crippen MR) is 64.2 cm³/mol. The van der Waals surface area contributed by atoms with Gasteiger partial charge in [0.25, 0.3) is 0 Å². The Kier molecular flexibility index (Phi) is 2.21. The quantitative estimate of drug-likeness (QED) is 0.648. The summed E-state index contributed by atoms with van der Waals surface area (Å²) >= 11 is 0. The van der Waals surface area contributed by atoms with E-state index in [4.69, 9.17) is 0 Å². The van der Waals surface area contributed by atoms with Gasteiger partial charge in [-0.3, -0.25) is 9.59 Å². The van der Waals surface area contributed by atoms with Gasteiger partial charge in [0.2, 0.25) is 5.91 Å². The Morgan fingerprint density at radius 1 is 1.24 bits per heavy atom. The maximum Gasteiger partial charge on any atom is 0.250 e. The van der Waals surface area contributed by atoms with E-state index in [1.807, 2.05) is 0 Å².